The average molecular weight is 228 g/mol. The second kappa shape index (κ2) is 9.68. The first-order chi connectivity index (χ1) is 7.65. The van der Waals surface area contributed by atoms with E-state index in [1.54, 1.807) is 0 Å². The molecule has 0 bridgehead atoms. The summed E-state index contributed by atoms with van der Waals surface area (Å²) in [6.45, 7) is 6.52. The molecule has 2 heteroatoms. The summed E-state index contributed by atoms with van der Waals surface area (Å²) < 4.78 is 0. The molecular weight excluding hydrogens is 200 g/mol. The van der Waals surface area contributed by atoms with Crippen LogP contribution in [-0.2, 0) is 4.79 Å². The molecule has 0 fully saturated rings. The monoisotopic (exact) mass is 228 g/mol. The molecule has 0 aliphatic rings. The van der Waals surface area contributed by atoms with Gasteiger partial charge in [0.05, 0.1) is 0 Å². The molecule has 0 aromatic carbocycles. The molecule has 1 N–H and O–H groups in total. The Labute approximate surface area is 100 Å². The van der Waals surface area contributed by atoms with E-state index in [0.29, 0.717) is 18.3 Å². The van der Waals surface area contributed by atoms with Crippen molar-refractivity contribution in [3.8, 4) is 0 Å². The molecule has 0 saturated heterocycles. The van der Waals surface area contributed by atoms with Crippen molar-refractivity contribution in [2.75, 3.05) is 0 Å². The molecule has 0 heterocycles. The fourth-order valence-corrected chi connectivity index (χ4v) is 2.48. The van der Waals surface area contributed by atoms with E-state index in [9.17, 15) is 4.79 Å². The van der Waals surface area contributed by atoms with Crippen LogP contribution in [0.5, 0.6) is 0 Å². The molecule has 0 spiro atoms. The first kappa shape index (κ1) is 15.5. The molecule has 0 aliphatic heterocycles. The fourth-order valence-electron chi connectivity index (χ4n) is 2.48. The summed E-state index contributed by atoms with van der Waals surface area (Å²) in [4.78, 5) is 10.8. The zero-order valence-corrected chi connectivity index (χ0v) is 11.2. The molecule has 2 unspecified atom stereocenters. The van der Waals surface area contributed by atoms with Crippen LogP contribution in [0.1, 0.15) is 72.1 Å². The van der Waals surface area contributed by atoms with E-state index in [2.05, 4.69) is 20.8 Å². The highest BCUT2D eigenvalue weighted by Crippen LogP contribution is 2.27. The van der Waals surface area contributed by atoms with E-state index >= 15 is 0 Å². The minimum Gasteiger partial charge on any atom is -0.481 e. The van der Waals surface area contributed by atoms with Crippen LogP contribution in [0.15, 0.2) is 0 Å². The highest BCUT2D eigenvalue weighted by atomic mass is 16.4. The van der Waals surface area contributed by atoms with Crippen molar-refractivity contribution >= 4 is 5.97 Å². The van der Waals surface area contributed by atoms with Gasteiger partial charge in [0.1, 0.15) is 0 Å². The smallest absolute Gasteiger partial charge is 0.303 e. The van der Waals surface area contributed by atoms with Gasteiger partial charge >= 0.3 is 5.97 Å². The van der Waals surface area contributed by atoms with Crippen molar-refractivity contribution in [3.05, 3.63) is 0 Å². The number of rotatable bonds is 10. The van der Waals surface area contributed by atoms with Crippen LogP contribution in [0.3, 0.4) is 0 Å². The van der Waals surface area contributed by atoms with Gasteiger partial charge in [-0.15, -0.1) is 0 Å². The molecule has 0 amide bonds. The van der Waals surface area contributed by atoms with E-state index < -0.39 is 5.97 Å². The third-order valence-electron chi connectivity index (χ3n) is 3.58. The molecule has 0 radical (unpaired) electrons. The Morgan fingerprint density at radius 3 is 2.06 bits per heavy atom. The third-order valence-corrected chi connectivity index (χ3v) is 3.58. The van der Waals surface area contributed by atoms with E-state index in [4.69, 9.17) is 5.11 Å². The van der Waals surface area contributed by atoms with Crippen molar-refractivity contribution in [1.82, 2.24) is 0 Å². The largest absolute Gasteiger partial charge is 0.481 e. The molecule has 0 saturated carbocycles. The molecule has 0 aromatic heterocycles. The van der Waals surface area contributed by atoms with Crippen molar-refractivity contribution < 1.29 is 9.90 Å². The van der Waals surface area contributed by atoms with Crippen LogP contribution in [0, 0.1) is 11.8 Å². The van der Waals surface area contributed by atoms with Crippen LogP contribution >= 0.6 is 0 Å². The molecule has 16 heavy (non-hydrogen) atoms. The van der Waals surface area contributed by atoms with Crippen molar-refractivity contribution in [1.29, 1.82) is 0 Å². The number of carboxylic acid groups (broad SMARTS) is 1. The molecule has 0 rings (SSSR count). The van der Waals surface area contributed by atoms with Gasteiger partial charge in [0.25, 0.3) is 0 Å². The number of hydrogen-bond donors (Lipinski definition) is 1. The SMILES string of the molecule is CCCCCCC(CC)C(CC)CC(=O)O. The number of carboxylic acids is 1. The first-order valence-corrected chi connectivity index (χ1v) is 6.87. The van der Waals surface area contributed by atoms with E-state index in [1.807, 2.05) is 0 Å². The zero-order chi connectivity index (χ0) is 12.4. The Morgan fingerprint density at radius 1 is 1.00 bits per heavy atom. The summed E-state index contributed by atoms with van der Waals surface area (Å²) in [7, 11) is 0. The van der Waals surface area contributed by atoms with Gasteiger partial charge in [0.2, 0.25) is 0 Å². The fraction of sp³-hybridized carbons (Fsp3) is 0.929. The minimum atomic E-state index is -0.640. The van der Waals surface area contributed by atoms with E-state index in [0.717, 1.165) is 12.8 Å². The maximum atomic E-state index is 10.8. The Kier molecular flexibility index (Phi) is 9.36. The van der Waals surface area contributed by atoms with Gasteiger partial charge in [-0.1, -0.05) is 65.7 Å². The van der Waals surface area contributed by atoms with Crippen LogP contribution in [0.2, 0.25) is 0 Å². The van der Waals surface area contributed by atoms with Gasteiger partial charge in [0.15, 0.2) is 0 Å². The number of aliphatic carboxylic acids is 1. The lowest BCUT2D eigenvalue weighted by Gasteiger charge is -2.23. The molecule has 2 atom stereocenters. The van der Waals surface area contributed by atoms with Gasteiger partial charge in [-0.3, -0.25) is 4.79 Å². The molecule has 0 aliphatic carbocycles. The highest BCUT2D eigenvalue weighted by molar-refractivity contribution is 5.67. The maximum Gasteiger partial charge on any atom is 0.303 e. The molecule has 96 valence electrons. The summed E-state index contributed by atoms with van der Waals surface area (Å²) in [6, 6.07) is 0. The highest BCUT2D eigenvalue weighted by Gasteiger charge is 2.20. The zero-order valence-electron chi connectivity index (χ0n) is 11.2. The average Bonchev–Trinajstić information content (AvgIpc) is 2.26. The lowest BCUT2D eigenvalue weighted by Crippen LogP contribution is -2.17. The van der Waals surface area contributed by atoms with Gasteiger partial charge in [-0.05, 0) is 11.8 Å². The Morgan fingerprint density at radius 2 is 1.62 bits per heavy atom. The number of hydrogen-bond acceptors (Lipinski definition) is 1. The van der Waals surface area contributed by atoms with E-state index in [-0.39, 0.29) is 0 Å². The summed E-state index contributed by atoms with van der Waals surface area (Å²) in [6.07, 6.45) is 8.83. The van der Waals surface area contributed by atoms with E-state index in [1.165, 1.54) is 32.1 Å². The number of unbranched alkanes of at least 4 members (excludes halogenated alkanes) is 3. The first-order valence-electron chi connectivity index (χ1n) is 6.87. The van der Waals surface area contributed by atoms with Gasteiger partial charge in [-0.25, -0.2) is 0 Å². The lowest BCUT2D eigenvalue weighted by atomic mass is 9.82. The molecule has 0 aromatic rings. The molecule has 2 nitrogen and oxygen atoms in total. The van der Waals surface area contributed by atoms with Crippen LogP contribution in [0.4, 0.5) is 0 Å². The van der Waals surface area contributed by atoms with Gasteiger partial charge in [-0.2, -0.15) is 0 Å². The van der Waals surface area contributed by atoms with Crippen molar-refractivity contribution in [2.45, 2.75) is 72.1 Å². The van der Waals surface area contributed by atoms with Crippen LogP contribution in [0.25, 0.3) is 0 Å². The second-order valence-corrected chi connectivity index (χ2v) is 4.78. The summed E-state index contributed by atoms with van der Waals surface area (Å²) >= 11 is 0. The summed E-state index contributed by atoms with van der Waals surface area (Å²) in [5.41, 5.74) is 0. The van der Waals surface area contributed by atoms with Crippen LogP contribution < -0.4 is 0 Å². The topological polar surface area (TPSA) is 37.3 Å². The lowest BCUT2D eigenvalue weighted by molar-refractivity contribution is -0.138. The van der Waals surface area contributed by atoms with Gasteiger partial charge in [0, 0.05) is 6.42 Å². The standard InChI is InChI=1S/C14H28O2/c1-4-7-8-9-10-12(5-2)13(6-3)11-14(15)16/h12-13H,4-11H2,1-3H3,(H,15,16). The van der Waals surface area contributed by atoms with Crippen LogP contribution in [-0.4, -0.2) is 11.1 Å². The normalized spacial score (nSPS) is 14.7. The number of carbonyl (C=O) groups is 1. The van der Waals surface area contributed by atoms with Gasteiger partial charge < -0.3 is 5.11 Å². The second-order valence-electron chi connectivity index (χ2n) is 4.78. The van der Waals surface area contributed by atoms with Crippen molar-refractivity contribution in [2.24, 2.45) is 11.8 Å². The Hall–Kier alpha value is -0.530. The molecular formula is C14H28O2. The maximum absolute atomic E-state index is 10.8. The van der Waals surface area contributed by atoms with Crippen molar-refractivity contribution in [3.63, 3.8) is 0 Å². The quantitative estimate of drug-likeness (QED) is 0.560. The summed E-state index contributed by atoms with van der Waals surface area (Å²) in [5, 5.41) is 8.87. The minimum absolute atomic E-state index is 0.350. The summed E-state index contributed by atoms with van der Waals surface area (Å²) in [5.74, 6) is 0.348. The Balaban J connectivity index is 3.96. The Bertz CT molecular complexity index is 178. The predicted octanol–water partition coefficient (Wildman–Crippen LogP) is 4.48. The predicted molar refractivity (Wildman–Crippen MR) is 68.6 cm³/mol. The third kappa shape index (κ3) is 6.86.